The van der Waals surface area contributed by atoms with Gasteiger partial charge in [0.25, 0.3) is 0 Å². The van der Waals surface area contributed by atoms with Gasteiger partial charge in [-0.3, -0.25) is 14.5 Å². The highest BCUT2D eigenvalue weighted by Crippen LogP contribution is 2.28. The van der Waals surface area contributed by atoms with Gasteiger partial charge in [0.2, 0.25) is 5.91 Å². The molecule has 2 heterocycles. The number of H-pyrrole nitrogens is 1. The second kappa shape index (κ2) is 8.80. The molecular formula is C24H25N5OS2. The topological polar surface area (TPSA) is 75.6 Å². The molecule has 6 nitrogen and oxygen atoms in total. The van der Waals surface area contributed by atoms with Crippen molar-refractivity contribution >= 4 is 34.6 Å². The van der Waals surface area contributed by atoms with Crippen LogP contribution in [0.25, 0.3) is 22.6 Å². The number of carbonyl (C=O) groups is 1. The largest absolute Gasteiger partial charge is 0.300 e. The van der Waals surface area contributed by atoms with Gasteiger partial charge in [-0.15, -0.1) is 11.3 Å². The molecule has 0 radical (unpaired) electrons. The first-order chi connectivity index (χ1) is 15.2. The molecule has 2 N–H and O–H groups in total. The minimum Gasteiger partial charge on any atom is -0.300 e. The van der Waals surface area contributed by atoms with E-state index in [2.05, 4.69) is 65.5 Å². The standard InChI is InChI=1S/C24H25N5OS2/c1-15-6-5-7-17(12-15)21-27-28-23(31)29(21)13-20(30)26-22-25-19(14-32-22)16-8-10-18(11-9-16)24(2,3)4/h5-12,14H,13H2,1-4H3,(H,28,31)(H,25,26,30). The fourth-order valence-corrected chi connectivity index (χ4v) is 4.31. The van der Waals surface area contributed by atoms with Crippen molar-refractivity contribution < 1.29 is 4.79 Å². The van der Waals surface area contributed by atoms with Crippen LogP contribution >= 0.6 is 23.6 Å². The number of nitrogens with one attached hydrogen (secondary N) is 2. The summed E-state index contributed by atoms with van der Waals surface area (Å²) in [5.41, 5.74) is 5.25. The minimum absolute atomic E-state index is 0.0494. The van der Waals surface area contributed by atoms with E-state index < -0.39 is 0 Å². The zero-order valence-electron chi connectivity index (χ0n) is 18.5. The third-order valence-electron chi connectivity index (χ3n) is 5.13. The lowest BCUT2D eigenvalue weighted by Gasteiger charge is -2.18. The zero-order valence-corrected chi connectivity index (χ0v) is 20.1. The Kier molecular flexibility index (Phi) is 6.08. The third-order valence-corrected chi connectivity index (χ3v) is 6.20. The van der Waals surface area contributed by atoms with Gasteiger partial charge in [-0.2, -0.15) is 5.10 Å². The van der Waals surface area contributed by atoms with Crippen LogP contribution in [0.2, 0.25) is 0 Å². The summed E-state index contributed by atoms with van der Waals surface area (Å²) < 4.78 is 2.09. The second-order valence-electron chi connectivity index (χ2n) is 8.72. The van der Waals surface area contributed by atoms with Crippen LogP contribution < -0.4 is 5.32 Å². The van der Waals surface area contributed by atoms with Crippen molar-refractivity contribution in [1.29, 1.82) is 0 Å². The number of thiazole rings is 1. The van der Waals surface area contributed by atoms with E-state index in [4.69, 9.17) is 12.2 Å². The highest BCUT2D eigenvalue weighted by Gasteiger charge is 2.16. The van der Waals surface area contributed by atoms with E-state index in [1.807, 2.05) is 36.6 Å². The van der Waals surface area contributed by atoms with Crippen molar-refractivity contribution in [2.45, 2.75) is 39.7 Å². The Balaban J connectivity index is 1.48. The van der Waals surface area contributed by atoms with Crippen LogP contribution in [0, 0.1) is 11.7 Å². The summed E-state index contributed by atoms with van der Waals surface area (Å²) >= 11 is 6.75. The Morgan fingerprint density at radius 2 is 1.91 bits per heavy atom. The summed E-state index contributed by atoms with van der Waals surface area (Å²) in [4.78, 5) is 17.3. The Labute approximate surface area is 196 Å². The molecule has 0 fully saturated rings. The first-order valence-electron chi connectivity index (χ1n) is 10.3. The van der Waals surface area contributed by atoms with Gasteiger partial charge >= 0.3 is 0 Å². The maximum Gasteiger partial charge on any atom is 0.246 e. The molecular weight excluding hydrogens is 438 g/mol. The molecule has 0 spiro atoms. The van der Waals surface area contributed by atoms with Crippen LogP contribution in [-0.2, 0) is 16.8 Å². The van der Waals surface area contributed by atoms with Crippen LogP contribution in [0.4, 0.5) is 5.13 Å². The highest BCUT2D eigenvalue weighted by molar-refractivity contribution is 7.71. The third kappa shape index (κ3) is 4.87. The SMILES string of the molecule is Cc1cccc(-c2n[nH]c(=S)n2CC(=O)Nc2nc(-c3ccc(C(C)(C)C)cc3)cs2)c1. The fraction of sp³-hybridized carbons (Fsp3) is 0.250. The van der Waals surface area contributed by atoms with Crippen LogP contribution in [0.5, 0.6) is 0 Å². The summed E-state index contributed by atoms with van der Waals surface area (Å²) in [6.07, 6.45) is 0. The average Bonchev–Trinajstić information content (AvgIpc) is 3.35. The number of anilines is 1. The molecule has 0 saturated carbocycles. The number of nitrogens with zero attached hydrogens (tertiary/aromatic N) is 3. The van der Waals surface area contributed by atoms with Gasteiger partial charge in [-0.1, -0.05) is 68.8 Å². The molecule has 8 heteroatoms. The van der Waals surface area contributed by atoms with Crippen LogP contribution in [0.3, 0.4) is 0 Å². The molecule has 2 aromatic heterocycles. The Hall–Kier alpha value is -3.10. The summed E-state index contributed by atoms with van der Waals surface area (Å²) in [5.74, 6) is 0.424. The number of amides is 1. The Bertz CT molecular complexity index is 1310. The predicted molar refractivity (Wildman–Crippen MR) is 132 cm³/mol. The maximum atomic E-state index is 12.7. The van der Waals surface area contributed by atoms with Gasteiger partial charge in [0.05, 0.1) is 5.69 Å². The van der Waals surface area contributed by atoms with Crippen molar-refractivity contribution in [2.24, 2.45) is 0 Å². The first kappa shape index (κ1) is 22.1. The monoisotopic (exact) mass is 463 g/mol. The van der Waals surface area contributed by atoms with Crippen LogP contribution in [0.15, 0.2) is 53.9 Å². The number of rotatable bonds is 5. The molecule has 0 aliphatic rings. The second-order valence-corrected chi connectivity index (χ2v) is 9.97. The molecule has 164 valence electrons. The maximum absolute atomic E-state index is 12.7. The van der Waals surface area contributed by atoms with E-state index >= 15 is 0 Å². The van der Waals surface area contributed by atoms with Gasteiger partial charge in [0, 0.05) is 16.5 Å². The number of hydrogen-bond acceptors (Lipinski definition) is 5. The molecule has 4 aromatic rings. The van der Waals surface area contributed by atoms with Crippen molar-refractivity contribution in [3.8, 4) is 22.6 Å². The van der Waals surface area contributed by atoms with E-state index in [1.165, 1.54) is 16.9 Å². The predicted octanol–water partition coefficient (Wildman–Crippen LogP) is 5.98. The van der Waals surface area contributed by atoms with Crippen molar-refractivity contribution in [3.63, 3.8) is 0 Å². The summed E-state index contributed by atoms with van der Waals surface area (Å²) in [6, 6.07) is 16.3. The smallest absolute Gasteiger partial charge is 0.246 e. The molecule has 0 unspecified atom stereocenters. The Morgan fingerprint density at radius 1 is 1.16 bits per heavy atom. The zero-order chi connectivity index (χ0) is 22.9. The van der Waals surface area contributed by atoms with Crippen molar-refractivity contribution in [3.05, 3.63) is 69.8 Å². The van der Waals surface area contributed by atoms with Gasteiger partial charge in [-0.25, -0.2) is 4.98 Å². The number of aryl methyl sites for hydroxylation is 1. The molecule has 2 aromatic carbocycles. The van der Waals surface area contributed by atoms with Gasteiger partial charge in [0.1, 0.15) is 6.54 Å². The quantitative estimate of drug-likeness (QED) is 0.357. The summed E-state index contributed by atoms with van der Waals surface area (Å²) in [6.45, 7) is 8.63. The molecule has 0 bridgehead atoms. The van der Waals surface area contributed by atoms with E-state index in [0.717, 1.165) is 22.4 Å². The lowest BCUT2D eigenvalue weighted by Crippen LogP contribution is -2.19. The van der Waals surface area contributed by atoms with Gasteiger partial charge in [-0.05, 0) is 36.2 Å². The Morgan fingerprint density at radius 3 is 2.59 bits per heavy atom. The van der Waals surface area contributed by atoms with E-state index in [1.54, 1.807) is 4.57 Å². The fourth-order valence-electron chi connectivity index (χ4n) is 3.38. The number of benzene rings is 2. The first-order valence-corrected chi connectivity index (χ1v) is 11.6. The van der Waals surface area contributed by atoms with Gasteiger partial charge < -0.3 is 5.32 Å². The molecule has 0 aliphatic heterocycles. The average molecular weight is 464 g/mol. The van der Waals surface area contributed by atoms with E-state index in [9.17, 15) is 4.79 Å². The van der Waals surface area contributed by atoms with Gasteiger partial charge in [0.15, 0.2) is 15.7 Å². The highest BCUT2D eigenvalue weighted by atomic mass is 32.1. The van der Waals surface area contributed by atoms with E-state index in [0.29, 0.717) is 15.7 Å². The molecule has 4 rings (SSSR count). The molecule has 0 aliphatic carbocycles. The summed E-state index contributed by atoms with van der Waals surface area (Å²) in [5, 5.41) is 12.5. The number of hydrogen-bond donors (Lipinski definition) is 2. The molecule has 0 atom stereocenters. The van der Waals surface area contributed by atoms with E-state index in [-0.39, 0.29) is 17.9 Å². The minimum atomic E-state index is -0.208. The molecule has 32 heavy (non-hydrogen) atoms. The van der Waals surface area contributed by atoms with Crippen molar-refractivity contribution in [2.75, 3.05) is 5.32 Å². The molecule has 1 amide bonds. The summed E-state index contributed by atoms with van der Waals surface area (Å²) in [7, 11) is 0. The molecule has 0 saturated heterocycles. The normalized spacial score (nSPS) is 11.5. The van der Waals surface area contributed by atoms with Crippen LogP contribution in [-0.4, -0.2) is 25.7 Å². The lowest BCUT2D eigenvalue weighted by molar-refractivity contribution is -0.116. The number of carbonyl (C=O) groups excluding carboxylic acids is 1. The van der Waals surface area contributed by atoms with Crippen molar-refractivity contribution in [1.82, 2.24) is 19.7 Å². The number of aromatic amines is 1. The lowest BCUT2D eigenvalue weighted by atomic mass is 9.86. The number of aromatic nitrogens is 4. The van der Waals surface area contributed by atoms with Crippen LogP contribution in [0.1, 0.15) is 31.9 Å².